The normalized spacial score (nSPS) is 37.7. The molecule has 2 heterocycles. The standard InChI is InChI=1S/C18H34N2O/c1-3-17(2)15-20(13-7-12-19-17)14-16-8-11-18(21-16)9-5-4-6-10-18/h16,19H,3-15H2,1-2H3. The smallest absolute Gasteiger partial charge is 0.0710 e. The molecule has 0 amide bonds. The highest BCUT2D eigenvalue weighted by Crippen LogP contribution is 2.42. The van der Waals surface area contributed by atoms with Crippen LogP contribution in [-0.2, 0) is 4.74 Å². The molecule has 0 radical (unpaired) electrons. The summed E-state index contributed by atoms with van der Waals surface area (Å²) in [6.45, 7) is 9.41. The zero-order chi connectivity index (χ0) is 14.8. The number of hydrogen-bond donors (Lipinski definition) is 1. The van der Waals surface area contributed by atoms with Gasteiger partial charge in [-0.3, -0.25) is 4.90 Å². The molecular weight excluding hydrogens is 260 g/mol. The van der Waals surface area contributed by atoms with Gasteiger partial charge in [0.05, 0.1) is 11.7 Å². The van der Waals surface area contributed by atoms with Crippen molar-refractivity contribution in [1.29, 1.82) is 0 Å². The summed E-state index contributed by atoms with van der Waals surface area (Å²) < 4.78 is 6.57. The molecule has 2 aliphatic heterocycles. The van der Waals surface area contributed by atoms with Gasteiger partial charge in [0.15, 0.2) is 0 Å². The van der Waals surface area contributed by atoms with E-state index in [4.69, 9.17) is 4.74 Å². The zero-order valence-corrected chi connectivity index (χ0v) is 14.1. The molecule has 3 aliphatic rings. The van der Waals surface area contributed by atoms with Gasteiger partial charge in [-0.15, -0.1) is 0 Å². The monoisotopic (exact) mass is 294 g/mol. The average molecular weight is 294 g/mol. The van der Waals surface area contributed by atoms with Gasteiger partial charge in [0, 0.05) is 18.6 Å². The van der Waals surface area contributed by atoms with Crippen LogP contribution >= 0.6 is 0 Å². The second-order valence-electron chi connectivity index (χ2n) is 7.95. The Morgan fingerprint density at radius 2 is 1.95 bits per heavy atom. The third-order valence-electron chi connectivity index (χ3n) is 6.12. The number of nitrogens with zero attached hydrogens (tertiary/aromatic N) is 1. The fourth-order valence-electron chi connectivity index (χ4n) is 4.59. The Labute approximate surface area is 130 Å². The quantitative estimate of drug-likeness (QED) is 0.864. The summed E-state index contributed by atoms with van der Waals surface area (Å²) in [4.78, 5) is 2.66. The van der Waals surface area contributed by atoms with Gasteiger partial charge in [0.1, 0.15) is 0 Å². The van der Waals surface area contributed by atoms with Crippen LogP contribution in [0.5, 0.6) is 0 Å². The van der Waals surface area contributed by atoms with Crippen molar-refractivity contribution in [2.24, 2.45) is 0 Å². The Balaban J connectivity index is 1.54. The minimum atomic E-state index is 0.279. The maximum absolute atomic E-state index is 6.57. The molecule has 3 heteroatoms. The Morgan fingerprint density at radius 3 is 2.71 bits per heavy atom. The highest BCUT2D eigenvalue weighted by Gasteiger charge is 2.41. The number of rotatable bonds is 3. The highest BCUT2D eigenvalue weighted by molar-refractivity contribution is 4.94. The Morgan fingerprint density at radius 1 is 1.14 bits per heavy atom. The van der Waals surface area contributed by atoms with Crippen molar-refractivity contribution in [3.63, 3.8) is 0 Å². The van der Waals surface area contributed by atoms with Crippen LogP contribution in [0, 0.1) is 0 Å². The third kappa shape index (κ3) is 3.80. The van der Waals surface area contributed by atoms with Gasteiger partial charge in [-0.25, -0.2) is 0 Å². The van der Waals surface area contributed by atoms with Gasteiger partial charge >= 0.3 is 0 Å². The summed E-state index contributed by atoms with van der Waals surface area (Å²) >= 11 is 0. The molecule has 1 saturated carbocycles. The zero-order valence-electron chi connectivity index (χ0n) is 14.1. The van der Waals surface area contributed by atoms with Crippen LogP contribution in [0.2, 0.25) is 0 Å². The van der Waals surface area contributed by atoms with Gasteiger partial charge in [-0.05, 0) is 58.5 Å². The van der Waals surface area contributed by atoms with Crippen LogP contribution in [0.4, 0.5) is 0 Å². The van der Waals surface area contributed by atoms with Crippen molar-refractivity contribution >= 4 is 0 Å². The first-order chi connectivity index (χ1) is 10.1. The molecule has 122 valence electrons. The summed E-state index contributed by atoms with van der Waals surface area (Å²) in [6, 6.07) is 0. The van der Waals surface area contributed by atoms with Crippen LogP contribution < -0.4 is 5.32 Å². The number of ether oxygens (including phenoxy) is 1. The number of hydrogen-bond acceptors (Lipinski definition) is 3. The van der Waals surface area contributed by atoms with E-state index < -0.39 is 0 Å². The van der Waals surface area contributed by atoms with Crippen molar-refractivity contribution < 1.29 is 4.74 Å². The topological polar surface area (TPSA) is 24.5 Å². The fraction of sp³-hybridized carbons (Fsp3) is 1.00. The lowest BCUT2D eigenvalue weighted by Crippen LogP contribution is -2.49. The molecule has 3 fully saturated rings. The predicted molar refractivity (Wildman–Crippen MR) is 87.7 cm³/mol. The van der Waals surface area contributed by atoms with E-state index in [1.165, 1.54) is 70.9 Å². The van der Waals surface area contributed by atoms with Gasteiger partial charge in [0.2, 0.25) is 0 Å². The van der Waals surface area contributed by atoms with E-state index in [0.29, 0.717) is 6.10 Å². The molecule has 1 aliphatic carbocycles. The van der Waals surface area contributed by atoms with E-state index >= 15 is 0 Å². The van der Waals surface area contributed by atoms with Gasteiger partial charge in [-0.1, -0.05) is 26.2 Å². The molecule has 1 spiro atoms. The summed E-state index contributed by atoms with van der Waals surface area (Å²) in [5.74, 6) is 0. The first-order valence-corrected chi connectivity index (χ1v) is 9.28. The van der Waals surface area contributed by atoms with E-state index in [2.05, 4.69) is 24.1 Å². The second kappa shape index (κ2) is 6.55. The molecule has 2 saturated heterocycles. The molecule has 0 aromatic heterocycles. The molecule has 0 bridgehead atoms. The Kier molecular flexibility index (Phi) is 4.92. The molecule has 3 rings (SSSR count). The van der Waals surface area contributed by atoms with Crippen LogP contribution in [0.3, 0.4) is 0 Å². The summed E-state index contributed by atoms with van der Waals surface area (Å²) in [7, 11) is 0. The SMILES string of the molecule is CCC1(C)CN(CC2CCC3(CCCCC3)O2)CCCN1. The van der Waals surface area contributed by atoms with Gasteiger partial charge in [0.25, 0.3) is 0 Å². The third-order valence-corrected chi connectivity index (χ3v) is 6.12. The minimum Gasteiger partial charge on any atom is -0.370 e. The van der Waals surface area contributed by atoms with Crippen LogP contribution in [-0.4, -0.2) is 48.3 Å². The van der Waals surface area contributed by atoms with Gasteiger partial charge in [-0.2, -0.15) is 0 Å². The summed E-state index contributed by atoms with van der Waals surface area (Å²) in [6.07, 6.45) is 12.4. The van der Waals surface area contributed by atoms with Crippen molar-refractivity contribution in [3.8, 4) is 0 Å². The van der Waals surface area contributed by atoms with E-state index in [1.807, 2.05) is 0 Å². The molecular formula is C18H34N2O. The lowest BCUT2D eigenvalue weighted by Gasteiger charge is -2.36. The molecule has 1 N–H and O–H groups in total. The van der Waals surface area contributed by atoms with E-state index in [0.717, 1.165) is 13.1 Å². The maximum atomic E-state index is 6.57. The maximum Gasteiger partial charge on any atom is 0.0710 e. The molecule has 21 heavy (non-hydrogen) atoms. The second-order valence-corrected chi connectivity index (χ2v) is 7.95. The highest BCUT2D eigenvalue weighted by atomic mass is 16.5. The minimum absolute atomic E-state index is 0.279. The molecule has 2 atom stereocenters. The largest absolute Gasteiger partial charge is 0.370 e. The van der Waals surface area contributed by atoms with Crippen LogP contribution in [0.1, 0.15) is 71.6 Å². The molecule has 3 nitrogen and oxygen atoms in total. The number of nitrogens with one attached hydrogen (secondary N) is 1. The van der Waals surface area contributed by atoms with E-state index in [1.54, 1.807) is 0 Å². The predicted octanol–water partition coefficient (Wildman–Crippen LogP) is 3.33. The molecule has 2 unspecified atom stereocenters. The van der Waals surface area contributed by atoms with E-state index in [-0.39, 0.29) is 11.1 Å². The lowest BCUT2D eigenvalue weighted by molar-refractivity contribution is -0.0725. The van der Waals surface area contributed by atoms with Crippen LogP contribution in [0.25, 0.3) is 0 Å². The first kappa shape index (κ1) is 15.8. The Hall–Kier alpha value is -0.120. The molecule has 0 aromatic carbocycles. The van der Waals surface area contributed by atoms with Crippen molar-refractivity contribution in [2.75, 3.05) is 26.2 Å². The fourth-order valence-corrected chi connectivity index (χ4v) is 4.59. The van der Waals surface area contributed by atoms with Crippen molar-refractivity contribution in [3.05, 3.63) is 0 Å². The van der Waals surface area contributed by atoms with Crippen LogP contribution in [0.15, 0.2) is 0 Å². The van der Waals surface area contributed by atoms with Crippen molar-refractivity contribution in [1.82, 2.24) is 10.2 Å². The summed E-state index contributed by atoms with van der Waals surface area (Å²) in [5, 5.41) is 3.74. The summed E-state index contributed by atoms with van der Waals surface area (Å²) in [5.41, 5.74) is 0.568. The Bertz CT molecular complexity index is 340. The first-order valence-electron chi connectivity index (χ1n) is 9.28. The van der Waals surface area contributed by atoms with Gasteiger partial charge < -0.3 is 10.1 Å². The molecule has 0 aromatic rings. The van der Waals surface area contributed by atoms with Crippen molar-refractivity contribution in [2.45, 2.75) is 88.9 Å². The average Bonchev–Trinajstić information content (AvgIpc) is 2.75. The van der Waals surface area contributed by atoms with E-state index in [9.17, 15) is 0 Å². The lowest BCUT2D eigenvalue weighted by atomic mass is 9.83.